The summed E-state index contributed by atoms with van der Waals surface area (Å²) in [5.74, 6) is 1.59. The minimum Gasteiger partial charge on any atom is -0.496 e. The van der Waals surface area contributed by atoms with Crippen LogP contribution >= 0.6 is 24.0 Å². The van der Waals surface area contributed by atoms with Crippen LogP contribution in [0.25, 0.3) is 0 Å². The molecule has 2 rings (SSSR count). The number of benzene rings is 1. The first-order valence-electron chi connectivity index (χ1n) is 7.72. The third kappa shape index (κ3) is 5.70. The van der Waals surface area contributed by atoms with Gasteiger partial charge in [-0.15, -0.1) is 24.0 Å². The van der Waals surface area contributed by atoms with Crippen molar-refractivity contribution >= 4 is 29.9 Å². The van der Waals surface area contributed by atoms with Gasteiger partial charge in [0.1, 0.15) is 17.7 Å². The molecule has 1 aromatic heterocycles. The van der Waals surface area contributed by atoms with E-state index in [1.807, 2.05) is 19.1 Å². The van der Waals surface area contributed by atoms with Crippen LogP contribution in [0, 0.1) is 6.92 Å². The van der Waals surface area contributed by atoms with E-state index in [2.05, 4.69) is 40.7 Å². The molecule has 0 saturated carbocycles. The Kier molecular flexibility index (Phi) is 8.59. The molecular weight excluding hydrogens is 419 g/mol. The lowest BCUT2D eigenvalue weighted by Gasteiger charge is -2.20. The molecule has 132 valence electrons. The molecule has 0 amide bonds. The summed E-state index contributed by atoms with van der Waals surface area (Å²) in [6.07, 6.45) is 1.55. The molecule has 1 aromatic carbocycles. The van der Waals surface area contributed by atoms with Crippen molar-refractivity contribution in [2.24, 2.45) is 4.99 Å². The lowest BCUT2D eigenvalue weighted by atomic mass is 10.0. The Morgan fingerprint density at radius 2 is 2.17 bits per heavy atom. The molecule has 1 unspecified atom stereocenters. The normalized spacial score (nSPS) is 12.2. The zero-order chi connectivity index (χ0) is 16.7. The average molecular weight is 444 g/mol. The fraction of sp³-hybridized carbons (Fsp3) is 0.412. The van der Waals surface area contributed by atoms with Gasteiger partial charge < -0.3 is 19.9 Å². The third-order valence-electron chi connectivity index (χ3n) is 3.44. The van der Waals surface area contributed by atoms with Gasteiger partial charge in [-0.05, 0) is 26.8 Å². The number of hydrogen-bond donors (Lipinski definition) is 2. The smallest absolute Gasteiger partial charge is 0.192 e. The molecule has 1 atom stereocenters. The lowest BCUT2D eigenvalue weighted by Crippen LogP contribution is -2.38. The van der Waals surface area contributed by atoms with Gasteiger partial charge in [-0.3, -0.25) is 0 Å². The average Bonchev–Trinajstić information content (AvgIpc) is 3.06. The van der Waals surface area contributed by atoms with Crippen LogP contribution in [-0.2, 0) is 6.54 Å². The Morgan fingerprint density at radius 3 is 2.79 bits per heavy atom. The molecule has 0 aliphatic heterocycles. The van der Waals surface area contributed by atoms with Gasteiger partial charge >= 0.3 is 0 Å². The highest BCUT2D eigenvalue weighted by molar-refractivity contribution is 14.0. The van der Waals surface area contributed by atoms with Crippen LogP contribution in [-0.4, -0.2) is 24.8 Å². The number of guanidine groups is 1. The number of aryl methyl sites for hydroxylation is 1. The summed E-state index contributed by atoms with van der Waals surface area (Å²) in [7, 11) is 1.69. The summed E-state index contributed by atoms with van der Waals surface area (Å²) in [5.41, 5.74) is 3.08. The minimum atomic E-state index is 0. The first kappa shape index (κ1) is 20.3. The van der Waals surface area contributed by atoms with Crippen molar-refractivity contribution in [2.75, 3.05) is 13.7 Å². The predicted molar refractivity (Wildman–Crippen MR) is 106 cm³/mol. The molecule has 2 aromatic rings. The monoisotopic (exact) mass is 444 g/mol. The van der Waals surface area contributed by atoms with E-state index >= 15 is 0 Å². The second-order valence-corrected chi connectivity index (χ2v) is 5.30. The summed E-state index contributed by atoms with van der Waals surface area (Å²) in [6, 6.07) is 8.01. The number of methoxy groups -OCH3 is 1. The van der Waals surface area contributed by atoms with Crippen LogP contribution in [0.2, 0.25) is 0 Å². The van der Waals surface area contributed by atoms with Gasteiger partial charge in [-0.1, -0.05) is 22.9 Å². The van der Waals surface area contributed by atoms with Crippen LogP contribution < -0.4 is 15.4 Å². The van der Waals surface area contributed by atoms with E-state index in [4.69, 9.17) is 9.26 Å². The Morgan fingerprint density at radius 1 is 1.38 bits per heavy atom. The van der Waals surface area contributed by atoms with E-state index < -0.39 is 0 Å². The summed E-state index contributed by atoms with van der Waals surface area (Å²) in [4.78, 5) is 4.53. The molecule has 0 fully saturated rings. The highest BCUT2D eigenvalue weighted by atomic mass is 127. The van der Waals surface area contributed by atoms with Crippen LogP contribution in [0.1, 0.15) is 36.7 Å². The zero-order valence-electron chi connectivity index (χ0n) is 14.5. The second kappa shape index (κ2) is 10.2. The SMILES string of the molecule is CCNC(=NCc1ccon1)NC(C)c1cc(C)ccc1OC.I. The van der Waals surface area contributed by atoms with Crippen molar-refractivity contribution in [2.45, 2.75) is 33.4 Å². The number of halogens is 1. The molecule has 1 heterocycles. The van der Waals surface area contributed by atoms with Gasteiger partial charge in [0.2, 0.25) is 0 Å². The fourth-order valence-electron chi connectivity index (χ4n) is 2.27. The van der Waals surface area contributed by atoms with Crippen molar-refractivity contribution in [3.63, 3.8) is 0 Å². The summed E-state index contributed by atoms with van der Waals surface area (Å²) in [6.45, 7) is 7.43. The number of hydrogen-bond acceptors (Lipinski definition) is 4. The molecule has 0 aliphatic rings. The fourth-order valence-corrected chi connectivity index (χ4v) is 2.27. The molecule has 2 N–H and O–H groups in total. The molecule has 0 radical (unpaired) electrons. The number of nitrogens with one attached hydrogen (secondary N) is 2. The highest BCUT2D eigenvalue weighted by Crippen LogP contribution is 2.25. The molecule has 0 bridgehead atoms. The Labute approximate surface area is 160 Å². The van der Waals surface area contributed by atoms with Crippen molar-refractivity contribution in [1.29, 1.82) is 0 Å². The first-order valence-corrected chi connectivity index (χ1v) is 7.72. The number of rotatable bonds is 6. The Bertz CT molecular complexity index is 644. The quantitative estimate of drug-likeness (QED) is 0.406. The Balaban J connectivity index is 0.00000288. The molecule has 0 aliphatic carbocycles. The number of aliphatic imine (C=N–C) groups is 1. The van der Waals surface area contributed by atoms with Gasteiger partial charge in [-0.2, -0.15) is 0 Å². The second-order valence-electron chi connectivity index (χ2n) is 5.30. The lowest BCUT2D eigenvalue weighted by molar-refractivity contribution is 0.405. The maximum atomic E-state index is 5.46. The van der Waals surface area contributed by atoms with E-state index in [0.29, 0.717) is 6.54 Å². The van der Waals surface area contributed by atoms with E-state index in [1.54, 1.807) is 19.4 Å². The number of nitrogens with zero attached hydrogens (tertiary/aromatic N) is 2. The standard InChI is InChI=1S/C17H24N4O2.HI/c1-5-18-17(19-11-14-8-9-23-21-14)20-13(3)15-10-12(2)6-7-16(15)22-4;/h6-10,13H,5,11H2,1-4H3,(H2,18,19,20);1H. The van der Waals surface area contributed by atoms with Crippen LogP contribution in [0.5, 0.6) is 5.75 Å². The zero-order valence-corrected chi connectivity index (χ0v) is 16.8. The molecule has 6 nitrogen and oxygen atoms in total. The van der Waals surface area contributed by atoms with Crippen molar-refractivity contribution in [3.8, 4) is 5.75 Å². The third-order valence-corrected chi connectivity index (χ3v) is 3.44. The molecule has 24 heavy (non-hydrogen) atoms. The molecule has 7 heteroatoms. The van der Waals surface area contributed by atoms with Crippen molar-refractivity contribution < 1.29 is 9.26 Å². The van der Waals surface area contributed by atoms with E-state index in [0.717, 1.165) is 29.5 Å². The van der Waals surface area contributed by atoms with Crippen molar-refractivity contribution in [3.05, 3.63) is 47.3 Å². The van der Waals surface area contributed by atoms with E-state index in [9.17, 15) is 0 Å². The van der Waals surface area contributed by atoms with Gasteiger partial charge in [0, 0.05) is 18.2 Å². The van der Waals surface area contributed by atoms with Crippen LogP contribution in [0.3, 0.4) is 0 Å². The van der Waals surface area contributed by atoms with E-state index in [-0.39, 0.29) is 30.0 Å². The van der Waals surface area contributed by atoms with Gasteiger partial charge in [0.25, 0.3) is 0 Å². The van der Waals surface area contributed by atoms with Gasteiger partial charge in [0.15, 0.2) is 5.96 Å². The highest BCUT2D eigenvalue weighted by Gasteiger charge is 2.13. The van der Waals surface area contributed by atoms with Crippen LogP contribution in [0.4, 0.5) is 0 Å². The first-order chi connectivity index (χ1) is 11.1. The largest absolute Gasteiger partial charge is 0.496 e. The topological polar surface area (TPSA) is 71.7 Å². The summed E-state index contributed by atoms with van der Waals surface area (Å²) >= 11 is 0. The number of ether oxygens (including phenoxy) is 1. The van der Waals surface area contributed by atoms with Crippen molar-refractivity contribution in [1.82, 2.24) is 15.8 Å². The maximum absolute atomic E-state index is 5.46. The maximum Gasteiger partial charge on any atom is 0.192 e. The van der Waals surface area contributed by atoms with E-state index in [1.165, 1.54) is 5.56 Å². The summed E-state index contributed by atoms with van der Waals surface area (Å²) in [5, 5.41) is 10.5. The molecule has 0 saturated heterocycles. The minimum absolute atomic E-state index is 0. The number of aromatic nitrogens is 1. The predicted octanol–water partition coefficient (Wildman–Crippen LogP) is 3.43. The van der Waals surface area contributed by atoms with Gasteiger partial charge in [0.05, 0.1) is 19.7 Å². The van der Waals surface area contributed by atoms with Crippen LogP contribution in [0.15, 0.2) is 40.0 Å². The summed E-state index contributed by atoms with van der Waals surface area (Å²) < 4.78 is 10.3. The molecular formula is C17H25IN4O2. The molecule has 0 spiro atoms. The Hall–Kier alpha value is -1.77. The van der Waals surface area contributed by atoms with Gasteiger partial charge in [-0.25, -0.2) is 4.99 Å².